The number of hydrogen-bond acceptors (Lipinski definition) is 1. The minimum Gasteiger partial charge on any atom is -0.497 e. The monoisotopic (exact) mass is 262 g/mol. The van der Waals surface area contributed by atoms with Gasteiger partial charge in [0.25, 0.3) is 0 Å². The van der Waals surface area contributed by atoms with Crippen molar-refractivity contribution in [1.29, 1.82) is 0 Å². The minimum absolute atomic E-state index is 0.882. The van der Waals surface area contributed by atoms with Crippen LogP contribution in [-0.4, -0.2) is 7.11 Å². The Kier molecular flexibility index (Phi) is 3.07. The predicted octanol–water partition coefficient (Wildman–Crippen LogP) is 4.12. The molecule has 15 heavy (non-hydrogen) atoms. The van der Waals surface area contributed by atoms with E-state index in [-0.39, 0.29) is 0 Å². The van der Waals surface area contributed by atoms with Gasteiger partial charge in [-0.2, -0.15) is 0 Å². The quantitative estimate of drug-likeness (QED) is 0.791. The highest BCUT2D eigenvalue weighted by molar-refractivity contribution is 9.10. The second-order valence-electron chi connectivity index (χ2n) is 3.24. The van der Waals surface area contributed by atoms with Crippen molar-refractivity contribution in [1.82, 2.24) is 0 Å². The summed E-state index contributed by atoms with van der Waals surface area (Å²) in [5, 5.41) is 0. The highest BCUT2D eigenvalue weighted by atomic mass is 79.9. The number of methoxy groups -OCH3 is 1. The van der Waals surface area contributed by atoms with Gasteiger partial charge in [-0.15, -0.1) is 0 Å². The Morgan fingerprint density at radius 2 is 1.60 bits per heavy atom. The van der Waals surface area contributed by atoms with Crippen molar-refractivity contribution in [3.8, 4) is 16.9 Å². The van der Waals surface area contributed by atoms with Crippen LogP contribution in [0.4, 0.5) is 0 Å². The zero-order valence-corrected chi connectivity index (χ0v) is 9.99. The SMILES string of the molecule is COc1cccc(-c2cccc(Br)c2)c1. The van der Waals surface area contributed by atoms with Crippen molar-refractivity contribution in [2.75, 3.05) is 7.11 Å². The van der Waals surface area contributed by atoms with E-state index in [0.29, 0.717) is 0 Å². The first-order valence-corrected chi connectivity index (χ1v) is 5.49. The van der Waals surface area contributed by atoms with Crippen LogP contribution in [-0.2, 0) is 0 Å². The van der Waals surface area contributed by atoms with Crippen LogP contribution >= 0.6 is 15.9 Å². The van der Waals surface area contributed by atoms with E-state index < -0.39 is 0 Å². The van der Waals surface area contributed by atoms with Gasteiger partial charge in [-0.3, -0.25) is 0 Å². The molecule has 0 unspecified atom stereocenters. The molecule has 2 heteroatoms. The van der Waals surface area contributed by atoms with Gasteiger partial charge in [0.05, 0.1) is 7.11 Å². The molecule has 0 aromatic heterocycles. The van der Waals surface area contributed by atoms with Gasteiger partial charge in [-0.25, -0.2) is 0 Å². The summed E-state index contributed by atoms with van der Waals surface area (Å²) in [5.74, 6) is 0.882. The number of halogens is 1. The molecule has 0 spiro atoms. The van der Waals surface area contributed by atoms with Crippen molar-refractivity contribution >= 4 is 15.9 Å². The largest absolute Gasteiger partial charge is 0.497 e. The second kappa shape index (κ2) is 4.49. The van der Waals surface area contributed by atoms with Crippen molar-refractivity contribution in [3.63, 3.8) is 0 Å². The van der Waals surface area contributed by atoms with Gasteiger partial charge >= 0.3 is 0 Å². The Hall–Kier alpha value is -1.28. The summed E-state index contributed by atoms with van der Waals surface area (Å²) in [6.07, 6.45) is 0. The van der Waals surface area contributed by atoms with E-state index >= 15 is 0 Å². The summed E-state index contributed by atoms with van der Waals surface area (Å²) in [6.45, 7) is 0. The Balaban J connectivity index is 2.44. The Morgan fingerprint density at radius 1 is 0.933 bits per heavy atom. The number of ether oxygens (including phenoxy) is 1. The first kappa shape index (κ1) is 10.2. The third-order valence-electron chi connectivity index (χ3n) is 2.23. The molecule has 0 bridgehead atoms. The summed E-state index contributed by atoms with van der Waals surface area (Å²) >= 11 is 3.46. The normalized spacial score (nSPS) is 10.0. The minimum atomic E-state index is 0.882. The van der Waals surface area contributed by atoms with E-state index in [9.17, 15) is 0 Å². The third kappa shape index (κ3) is 2.39. The maximum absolute atomic E-state index is 5.19. The fraction of sp³-hybridized carbons (Fsp3) is 0.0769. The van der Waals surface area contributed by atoms with E-state index in [0.717, 1.165) is 15.8 Å². The molecule has 0 aliphatic rings. The molecule has 0 saturated carbocycles. The smallest absolute Gasteiger partial charge is 0.119 e. The van der Waals surface area contributed by atoms with Gasteiger partial charge in [0.15, 0.2) is 0 Å². The van der Waals surface area contributed by atoms with Gasteiger partial charge in [0.2, 0.25) is 0 Å². The molecule has 0 N–H and O–H groups in total. The van der Waals surface area contributed by atoms with E-state index in [1.54, 1.807) is 7.11 Å². The van der Waals surface area contributed by atoms with E-state index in [1.165, 1.54) is 5.56 Å². The van der Waals surface area contributed by atoms with Crippen molar-refractivity contribution in [2.24, 2.45) is 0 Å². The van der Waals surface area contributed by atoms with Crippen LogP contribution in [0.5, 0.6) is 5.75 Å². The van der Waals surface area contributed by atoms with Crippen LogP contribution in [0.25, 0.3) is 11.1 Å². The molecule has 0 aliphatic heterocycles. The first-order valence-electron chi connectivity index (χ1n) is 4.69. The highest BCUT2D eigenvalue weighted by Crippen LogP contribution is 2.25. The standard InChI is InChI=1S/C13H11BrO/c1-15-13-7-3-5-11(9-13)10-4-2-6-12(14)8-10/h2-9H,1H3. The van der Waals surface area contributed by atoms with Crippen LogP contribution in [0.3, 0.4) is 0 Å². The van der Waals surface area contributed by atoms with E-state index in [2.05, 4.69) is 34.1 Å². The summed E-state index contributed by atoms with van der Waals surface area (Å²) in [4.78, 5) is 0. The molecule has 0 atom stereocenters. The van der Waals surface area contributed by atoms with Crippen molar-refractivity contribution < 1.29 is 4.74 Å². The number of rotatable bonds is 2. The Morgan fingerprint density at radius 3 is 2.27 bits per heavy atom. The summed E-state index contributed by atoms with van der Waals surface area (Å²) in [5.41, 5.74) is 2.35. The summed E-state index contributed by atoms with van der Waals surface area (Å²) in [7, 11) is 1.68. The molecule has 2 aromatic carbocycles. The lowest BCUT2D eigenvalue weighted by Gasteiger charge is -2.04. The average Bonchev–Trinajstić information content (AvgIpc) is 2.29. The average molecular weight is 263 g/mol. The van der Waals surface area contributed by atoms with Crippen molar-refractivity contribution in [3.05, 3.63) is 53.0 Å². The zero-order valence-electron chi connectivity index (χ0n) is 8.41. The van der Waals surface area contributed by atoms with Gasteiger partial charge < -0.3 is 4.74 Å². The Bertz CT molecular complexity index is 466. The van der Waals surface area contributed by atoms with Gasteiger partial charge in [0.1, 0.15) is 5.75 Å². The Labute approximate surface area is 97.8 Å². The molecule has 2 aromatic rings. The molecule has 0 aliphatic carbocycles. The summed E-state index contributed by atoms with van der Waals surface area (Å²) < 4.78 is 6.28. The fourth-order valence-corrected chi connectivity index (χ4v) is 1.87. The van der Waals surface area contributed by atoms with E-state index in [4.69, 9.17) is 4.74 Å². The zero-order chi connectivity index (χ0) is 10.7. The molecule has 0 amide bonds. The molecule has 76 valence electrons. The predicted molar refractivity (Wildman–Crippen MR) is 66.1 cm³/mol. The van der Waals surface area contributed by atoms with Crippen LogP contribution in [0.15, 0.2) is 53.0 Å². The molecule has 0 radical (unpaired) electrons. The van der Waals surface area contributed by atoms with Crippen molar-refractivity contribution in [2.45, 2.75) is 0 Å². The van der Waals surface area contributed by atoms with E-state index in [1.807, 2.05) is 30.3 Å². The van der Waals surface area contributed by atoms with Crippen LogP contribution in [0.1, 0.15) is 0 Å². The molecular formula is C13H11BrO. The lowest BCUT2D eigenvalue weighted by atomic mass is 10.1. The topological polar surface area (TPSA) is 9.23 Å². The lowest BCUT2D eigenvalue weighted by Crippen LogP contribution is -1.83. The maximum Gasteiger partial charge on any atom is 0.119 e. The molecule has 0 saturated heterocycles. The molecule has 0 fully saturated rings. The molecule has 1 nitrogen and oxygen atoms in total. The summed E-state index contributed by atoms with van der Waals surface area (Å²) in [6, 6.07) is 16.3. The highest BCUT2D eigenvalue weighted by Gasteiger charge is 1.99. The molecular weight excluding hydrogens is 252 g/mol. The third-order valence-corrected chi connectivity index (χ3v) is 2.72. The second-order valence-corrected chi connectivity index (χ2v) is 4.16. The number of hydrogen-bond donors (Lipinski definition) is 0. The van der Waals surface area contributed by atoms with Gasteiger partial charge in [-0.1, -0.05) is 40.2 Å². The van der Waals surface area contributed by atoms with Gasteiger partial charge in [-0.05, 0) is 35.4 Å². The van der Waals surface area contributed by atoms with Crippen LogP contribution in [0, 0.1) is 0 Å². The molecule has 2 rings (SSSR count). The maximum atomic E-state index is 5.19. The van der Waals surface area contributed by atoms with Crippen LogP contribution < -0.4 is 4.74 Å². The first-order chi connectivity index (χ1) is 7.29. The van der Waals surface area contributed by atoms with Crippen LogP contribution in [0.2, 0.25) is 0 Å². The number of benzene rings is 2. The van der Waals surface area contributed by atoms with Gasteiger partial charge in [0, 0.05) is 4.47 Å². The fourth-order valence-electron chi connectivity index (χ4n) is 1.47. The lowest BCUT2D eigenvalue weighted by molar-refractivity contribution is 0.415. The molecule has 0 heterocycles.